The van der Waals surface area contributed by atoms with Crippen molar-refractivity contribution >= 4 is 0 Å². The molecule has 2 nitrogen and oxygen atoms in total. The van der Waals surface area contributed by atoms with Crippen LogP contribution in [0, 0.1) is 0 Å². The molecule has 0 atom stereocenters. The first-order chi connectivity index (χ1) is 9.92. The third-order valence-corrected chi connectivity index (χ3v) is 3.38. The third-order valence-electron chi connectivity index (χ3n) is 3.38. The van der Waals surface area contributed by atoms with Crippen LogP contribution in [0.15, 0.2) is 85.5 Å². The second-order valence-electron chi connectivity index (χ2n) is 4.86. The molecule has 2 aromatic heterocycles. The van der Waals surface area contributed by atoms with Gasteiger partial charge in [-0.2, -0.15) is 0 Å². The molecule has 0 amide bonds. The van der Waals surface area contributed by atoms with Crippen LogP contribution in [0.25, 0.3) is 0 Å². The quantitative estimate of drug-likeness (QED) is 0.384. The molecular formula is C18H18Br2N2. The van der Waals surface area contributed by atoms with E-state index in [4.69, 9.17) is 0 Å². The van der Waals surface area contributed by atoms with Crippen LogP contribution >= 0.6 is 0 Å². The Morgan fingerprint density at radius 3 is 1.23 bits per heavy atom. The van der Waals surface area contributed by atoms with E-state index in [9.17, 15) is 0 Å². The fourth-order valence-electron chi connectivity index (χ4n) is 2.34. The summed E-state index contributed by atoms with van der Waals surface area (Å²) in [6.45, 7) is 1.81. The van der Waals surface area contributed by atoms with E-state index in [2.05, 4.69) is 82.5 Å². The Hall–Kier alpha value is -1.52. The summed E-state index contributed by atoms with van der Waals surface area (Å²) in [4.78, 5) is 0. The van der Waals surface area contributed by atoms with Gasteiger partial charge >= 0.3 is 0 Å². The van der Waals surface area contributed by atoms with Gasteiger partial charge in [-0.05, 0) is 0 Å². The van der Waals surface area contributed by atoms with Gasteiger partial charge < -0.3 is 34.0 Å². The molecule has 0 fully saturated rings. The zero-order valence-corrected chi connectivity index (χ0v) is 15.3. The SMILES string of the molecule is [Br-].[Br-].c1cc[n+](Cc2ccccc2C[n+]2ccccc2)cc1. The van der Waals surface area contributed by atoms with Crippen LogP contribution in [0.3, 0.4) is 0 Å². The topological polar surface area (TPSA) is 7.76 Å². The molecule has 0 saturated carbocycles. The summed E-state index contributed by atoms with van der Waals surface area (Å²) < 4.78 is 4.41. The van der Waals surface area contributed by atoms with Gasteiger partial charge in [0.15, 0.2) is 37.9 Å². The Balaban J connectivity index is 0.00000121. The first-order valence-corrected chi connectivity index (χ1v) is 6.87. The lowest BCUT2D eigenvalue weighted by Gasteiger charge is -2.04. The fraction of sp³-hybridized carbons (Fsp3) is 0.111. The summed E-state index contributed by atoms with van der Waals surface area (Å²) in [5.41, 5.74) is 2.72. The van der Waals surface area contributed by atoms with Crippen molar-refractivity contribution in [2.24, 2.45) is 0 Å². The highest BCUT2D eigenvalue weighted by atomic mass is 79.9. The highest BCUT2D eigenvalue weighted by Crippen LogP contribution is 2.08. The van der Waals surface area contributed by atoms with Gasteiger partial charge in [-0.15, -0.1) is 0 Å². The van der Waals surface area contributed by atoms with E-state index >= 15 is 0 Å². The summed E-state index contributed by atoms with van der Waals surface area (Å²) in [6, 6.07) is 21.0. The summed E-state index contributed by atoms with van der Waals surface area (Å²) in [5.74, 6) is 0. The lowest BCUT2D eigenvalue weighted by atomic mass is 10.1. The molecule has 22 heavy (non-hydrogen) atoms. The van der Waals surface area contributed by atoms with Crippen LogP contribution in [0.5, 0.6) is 0 Å². The summed E-state index contributed by atoms with van der Waals surface area (Å²) >= 11 is 0. The maximum Gasteiger partial charge on any atom is 0.174 e. The van der Waals surface area contributed by atoms with Crippen molar-refractivity contribution in [1.29, 1.82) is 0 Å². The number of aromatic nitrogens is 2. The minimum absolute atomic E-state index is 0. The molecule has 0 bridgehead atoms. The van der Waals surface area contributed by atoms with Crippen molar-refractivity contribution in [3.8, 4) is 0 Å². The molecule has 2 heterocycles. The Morgan fingerprint density at radius 2 is 0.864 bits per heavy atom. The Kier molecular flexibility index (Phi) is 7.99. The number of halogens is 2. The molecular weight excluding hydrogens is 404 g/mol. The zero-order valence-electron chi connectivity index (χ0n) is 12.1. The van der Waals surface area contributed by atoms with Crippen LogP contribution in [0.1, 0.15) is 11.1 Å². The molecule has 3 aromatic rings. The zero-order chi connectivity index (χ0) is 13.6. The Morgan fingerprint density at radius 1 is 0.500 bits per heavy atom. The van der Waals surface area contributed by atoms with Gasteiger partial charge in [0, 0.05) is 35.4 Å². The predicted octanol–water partition coefficient (Wildman–Crippen LogP) is -3.63. The van der Waals surface area contributed by atoms with Gasteiger partial charge in [-0.1, -0.05) is 36.4 Å². The van der Waals surface area contributed by atoms with Crippen molar-refractivity contribution in [1.82, 2.24) is 0 Å². The highest BCUT2D eigenvalue weighted by Gasteiger charge is 2.10. The van der Waals surface area contributed by atoms with Crippen LogP contribution in [0.2, 0.25) is 0 Å². The number of pyridine rings is 2. The maximum atomic E-state index is 2.21. The van der Waals surface area contributed by atoms with Gasteiger partial charge in [-0.25, -0.2) is 9.13 Å². The fourth-order valence-corrected chi connectivity index (χ4v) is 2.34. The predicted molar refractivity (Wildman–Crippen MR) is 77.9 cm³/mol. The lowest BCUT2D eigenvalue weighted by Crippen LogP contribution is -3.00. The Bertz CT molecular complexity index is 612. The number of benzene rings is 1. The van der Waals surface area contributed by atoms with Gasteiger partial charge in [0.2, 0.25) is 0 Å². The van der Waals surface area contributed by atoms with Crippen molar-refractivity contribution in [2.75, 3.05) is 0 Å². The monoisotopic (exact) mass is 420 g/mol. The van der Waals surface area contributed by atoms with Gasteiger partial charge in [-0.3, -0.25) is 0 Å². The van der Waals surface area contributed by atoms with E-state index in [-0.39, 0.29) is 34.0 Å². The van der Waals surface area contributed by atoms with Crippen LogP contribution < -0.4 is 43.1 Å². The average Bonchev–Trinajstić information content (AvgIpc) is 2.51. The van der Waals surface area contributed by atoms with Gasteiger partial charge in [0.1, 0.15) is 0 Å². The minimum Gasteiger partial charge on any atom is -1.00 e. The normalized spacial score (nSPS) is 9.45. The average molecular weight is 422 g/mol. The van der Waals surface area contributed by atoms with Gasteiger partial charge in [0.25, 0.3) is 0 Å². The molecule has 114 valence electrons. The molecule has 0 N–H and O–H groups in total. The summed E-state index contributed by atoms with van der Waals surface area (Å²) in [7, 11) is 0. The molecule has 0 unspecified atom stereocenters. The standard InChI is InChI=1S/C18H18N2.2BrH/c1-5-11-19(12-6-1)15-17-9-3-4-10-18(17)16-20-13-7-2-8-14-20;;/h1-14H,15-16H2;2*1H/q+2;;/p-2. The van der Waals surface area contributed by atoms with E-state index in [0.717, 1.165) is 13.1 Å². The van der Waals surface area contributed by atoms with E-state index < -0.39 is 0 Å². The van der Waals surface area contributed by atoms with Gasteiger partial charge in [0.05, 0.1) is 0 Å². The van der Waals surface area contributed by atoms with Crippen LogP contribution in [0.4, 0.5) is 0 Å². The van der Waals surface area contributed by atoms with E-state index in [0.29, 0.717) is 0 Å². The van der Waals surface area contributed by atoms with Crippen molar-refractivity contribution in [3.63, 3.8) is 0 Å². The number of nitrogens with zero attached hydrogens (tertiary/aromatic N) is 2. The first kappa shape index (κ1) is 18.5. The molecule has 0 aliphatic heterocycles. The molecule has 0 spiro atoms. The maximum absolute atomic E-state index is 2.21. The Labute approximate surface area is 152 Å². The van der Waals surface area contributed by atoms with Crippen molar-refractivity contribution in [2.45, 2.75) is 13.1 Å². The molecule has 0 saturated heterocycles. The minimum atomic E-state index is 0. The lowest BCUT2D eigenvalue weighted by molar-refractivity contribution is -0.693. The highest BCUT2D eigenvalue weighted by molar-refractivity contribution is 5.25. The van der Waals surface area contributed by atoms with Crippen molar-refractivity contribution in [3.05, 3.63) is 96.6 Å². The smallest absolute Gasteiger partial charge is 0.174 e. The third kappa shape index (κ3) is 5.04. The molecule has 1 aromatic carbocycles. The largest absolute Gasteiger partial charge is 1.00 e. The number of hydrogen-bond acceptors (Lipinski definition) is 0. The number of rotatable bonds is 4. The molecule has 4 heteroatoms. The van der Waals surface area contributed by atoms with Crippen molar-refractivity contribution < 1.29 is 43.1 Å². The van der Waals surface area contributed by atoms with Crippen LogP contribution in [-0.4, -0.2) is 0 Å². The second kappa shape index (κ2) is 9.49. The molecule has 0 aliphatic carbocycles. The van der Waals surface area contributed by atoms with E-state index in [1.807, 2.05) is 12.1 Å². The van der Waals surface area contributed by atoms with E-state index in [1.54, 1.807) is 0 Å². The summed E-state index contributed by atoms with van der Waals surface area (Å²) in [6.07, 6.45) is 8.41. The second-order valence-corrected chi connectivity index (χ2v) is 4.86. The number of hydrogen-bond donors (Lipinski definition) is 0. The molecule has 0 aliphatic rings. The molecule has 3 rings (SSSR count). The molecule has 0 radical (unpaired) electrons. The first-order valence-electron chi connectivity index (χ1n) is 6.87. The van der Waals surface area contributed by atoms with Crippen LogP contribution in [-0.2, 0) is 13.1 Å². The van der Waals surface area contributed by atoms with E-state index in [1.165, 1.54) is 11.1 Å². The summed E-state index contributed by atoms with van der Waals surface area (Å²) in [5, 5.41) is 0.